The predicted octanol–water partition coefficient (Wildman–Crippen LogP) is 3.83. The van der Waals surface area contributed by atoms with E-state index in [0.29, 0.717) is 23.7 Å². The molecule has 6 heteroatoms. The van der Waals surface area contributed by atoms with Crippen molar-refractivity contribution in [3.8, 4) is 5.75 Å². The highest BCUT2D eigenvalue weighted by Crippen LogP contribution is 2.36. The second-order valence-corrected chi connectivity index (χ2v) is 8.18. The van der Waals surface area contributed by atoms with Crippen molar-refractivity contribution in [2.45, 2.75) is 18.8 Å². The minimum atomic E-state index is -0.232. The fraction of sp³-hybridized carbons (Fsp3) is 0.391. The standard InChI is InChI=1S/C23H25ClN2O3/c1-29-19-9-7-16(8-10-19)20-14-26(22(27)17-5-4-6-18(24)13-17)15-21(20)23(28)25-11-2-3-12-25/h4-10,13,20-21H,2-3,11-12,14-15H2,1H3. The van der Waals surface area contributed by atoms with E-state index in [0.717, 1.165) is 37.2 Å². The van der Waals surface area contributed by atoms with Crippen LogP contribution in [0.3, 0.4) is 0 Å². The number of rotatable bonds is 4. The Bertz CT molecular complexity index is 893. The van der Waals surface area contributed by atoms with E-state index in [4.69, 9.17) is 16.3 Å². The molecule has 2 aliphatic heterocycles. The number of hydrogen-bond donors (Lipinski definition) is 0. The molecule has 0 aromatic heterocycles. The molecule has 2 aromatic carbocycles. The van der Waals surface area contributed by atoms with E-state index in [2.05, 4.69) is 0 Å². The Kier molecular flexibility index (Phi) is 5.76. The molecule has 0 N–H and O–H groups in total. The quantitative estimate of drug-likeness (QED) is 0.766. The van der Waals surface area contributed by atoms with Crippen LogP contribution in [0.1, 0.15) is 34.7 Å². The Hall–Kier alpha value is -2.53. The van der Waals surface area contributed by atoms with Crippen molar-refractivity contribution in [1.29, 1.82) is 0 Å². The maximum absolute atomic E-state index is 13.3. The first-order valence-electron chi connectivity index (χ1n) is 10.0. The number of nitrogens with zero attached hydrogens (tertiary/aromatic N) is 2. The van der Waals surface area contributed by atoms with Gasteiger partial charge in [0.25, 0.3) is 5.91 Å². The average molecular weight is 413 g/mol. The normalized spacial score (nSPS) is 21.4. The number of likely N-dealkylation sites (tertiary alicyclic amines) is 2. The maximum atomic E-state index is 13.3. The SMILES string of the molecule is COc1ccc(C2CN(C(=O)c3cccc(Cl)c3)CC2C(=O)N2CCCC2)cc1. The molecule has 2 heterocycles. The Morgan fingerprint density at radius 2 is 1.72 bits per heavy atom. The third-order valence-corrected chi connectivity index (χ3v) is 6.19. The van der Waals surface area contributed by atoms with Gasteiger partial charge >= 0.3 is 0 Å². The average Bonchev–Trinajstić information content (AvgIpc) is 3.43. The van der Waals surface area contributed by atoms with E-state index in [1.165, 1.54) is 0 Å². The van der Waals surface area contributed by atoms with Gasteiger partial charge in [-0.2, -0.15) is 0 Å². The molecule has 4 rings (SSSR count). The van der Waals surface area contributed by atoms with Gasteiger partial charge in [0.2, 0.25) is 5.91 Å². The molecule has 2 fully saturated rings. The summed E-state index contributed by atoms with van der Waals surface area (Å²) in [6.07, 6.45) is 2.10. The first-order valence-corrected chi connectivity index (χ1v) is 10.4. The van der Waals surface area contributed by atoms with Gasteiger partial charge in [0, 0.05) is 42.7 Å². The lowest BCUT2D eigenvalue weighted by molar-refractivity contribution is -0.134. The minimum absolute atomic E-state index is 0.0304. The van der Waals surface area contributed by atoms with E-state index in [1.54, 1.807) is 36.3 Å². The summed E-state index contributed by atoms with van der Waals surface area (Å²) in [5.41, 5.74) is 1.62. The molecule has 2 aliphatic rings. The summed E-state index contributed by atoms with van der Waals surface area (Å²) in [5.74, 6) is 0.593. The number of halogens is 1. The Labute approximate surface area is 176 Å². The van der Waals surface area contributed by atoms with Crippen LogP contribution >= 0.6 is 11.6 Å². The number of methoxy groups -OCH3 is 1. The van der Waals surface area contributed by atoms with E-state index in [1.807, 2.05) is 29.2 Å². The number of carbonyl (C=O) groups is 2. The largest absolute Gasteiger partial charge is 0.497 e. The molecule has 2 amide bonds. The molecule has 29 heavy (non-hydrogen) atoms. The number of ether oxygens (including phenoxy) is 1. The van der Waals surface area contributed by atoms with Gasteiger partial charge in [-0.1, -0.05) is 29.8 Å². The predicted molar refractivity (Wildman–Crippen MR) is 112 cm³/mol. The Morgan fingerprint density at radius 3 is 2.38 bits per heavy atom. The zero-order valence-electron chi connectivity index (χ0n) is 16.5. The van der Waals surface area contributed by atoms with Crippen molar-refractivity contribution >= 4 is 23.4 Å². The van der Waals surface area contributed by atoms with E-state index < -0.39 is 0 Å². The first-order chi connectivity index (χ1) is 14.1. The third-order valence-electron chi connectivity index (χ3n) is 5.96. The molecule has 0 radical (unpaired) electrons. The van der Waals surface area contributed by atoms with Gasteiger partial charge in [-0.25, -0.2) is 0 Å². The van der Waals surface area contributed by atoms with Crippen molar-refractivity contribution in [2.75, 3.05) is 33.3 Å². The zero-order chi connectivity index (χ0) is 20.4. The van der Waals surface area contributed by atoms with E-state index >= 15 is 0 Å². The molecule has 2 unspecified atom stereocenters. The fourth-order valence-electron chi connectivity index (χ4n) is 4.38. The number of carbonyl (C=O) groups excluding carboxylic acids is 2. The van der Waals surface area contributed by atoms with Gasteiger partial charge in [-0.3, -0.25) is 9.59 Å². The van der Waals surface area contributed by atoms with Crippen molar-refractivity contribution < 1.29 is 14.3 Å². The van der Waals surface area contributed by atoms with Crippen molar-refractivity contribution in [1.82, 2.24) is 9.80 Å². The monoisotopic (exact) mass is 412 g/mol. The summed E-state index contributed by atoms with van der Waals surface area (Å²) in [4.78, 5) is 30.1. The molecule has 0 spiro atoms. The highest BCUT2D eigenvalue weighted by atomic mass is 35.5. The summed E-state index contributed by atoms with van der Waals surface area (Å²) < 4.78 is 5.26. The van der Waals surface area contributed by atoms with Crippen LogP contribution in [0.4, 0.5) is 0 Å². The zero-order valence-corrected chi connectivity index (χ0v) is 17.3. The van der Waals surface area contributed by atoms with Gasteiger partial charge in [0.15, 0.2) is 0 Å². The van der Waals surface area contributed by atoms with E-state index in [9.17, 15) is 9.59 Å². The fourth-order valence-corrected chi connectivity index (χ4v) is 4.58. The number of benzene rings is 2. The Balaban J connectivity index is 1.61. The highest BCUT2D eigenvalue weighted by Gasteiger charge is 2.42. The highest BCUT2D eigenvalue weighted by molar-refractivity contribution is 6.30. The molecular formula is C23H25ClN2O3. The van der Waals surface area contributed by atoms with Crippen LogP contribution in [0, 0.1) is 5.92 Å². The van der Waals surface area contributed by atoms with Crippen molar-refractivity contribution in [3.63, 3.8) is 0 Å². The summed E-state index contributed by atoms with van der Waals surface area (Å²) in [5, 5.41) is 0.534. The van der Waals surface area contributed by atoms with Crippen molar-refractivity contribution in [3.05, 3.63) is 64.7 Å². The van der Waals surface area contributed by atoms with Crippen LogP contribution in [-0.2, 0) is 4.79 Å². The maximum Gasteiger partial charge on any atom is 0.253 e. The van der Waals surface area contributed by atoms with Crippen LogP contribution in [0.15, 0.2) is 48.5 Å². The van der Waals surface area contributed by atoms with Crippen LogP contribution in [0.25, 0.3) is 0 Å². The van der Waals surface area contributed by atoms with Gasteiger partial charge in [-0.15, -0.1) is 0 Å². The van der Waals surface area contributed by atoms with Crippen LogP contribution in [-0.4, -0.2) is 54.9 Å². The van der Waals surface area contributed by atoms with Crippen LogP contribution in [0.2, 0.25) is 5.02 Å². The van der Waals surface area contributed by atoms with Gasteiger partial charge < -0.3 is 14.5 Å². The number of hydrogen-bond acceptors (Lipinski definition) is 3. The summed E-state index contributed by atoms with van der Waals surface area (Å²) in [6.45, 7) is 2.57. The van der Waals surface area contributed by atoms with Crippen LogP contribution < -0.4 is 4.74 Å². The molecule has 2 aromatic rings. The number of amides is 2. The molecule has 5 nitrogen and oxygen atoms in total. The molecule has 152 valence electrons. The summed E-state index contributed by atoms with van der Waals surface area (Å²) in [7, 11) is 1.63. The third kappa shape index (κ3) is 4.10. The van der Waals surface area contributed by atoms with Crippen LogP contribution in [0.5, 0.6) is 5.75 Å². The van der Waals surface area contributed by atoms with Gasteiger partial charge in [0.1, 0.15) is 5.75 Å². The second kappa shape index (κ2) is 8.46. The summed E-state index contributed by atoms with van der Waals surface area (Å²) in [6, 6.07) is 14.8. The second-order valence-electron chi connectivity index (χ2n) is 7.74. The molecular weight excluding hydrogens is 388 g/mol. The molecule has 2 saturated heterocycles. The first kappa shape index (κ1) is 19.8. The molecule has 0 saturated carbocycles. The topological polar surface area (TPSA) is 49.9 Å². The summed E-state index contributed by atoms with van der Waals surface area (Å²) >= 11 is 6.07. The lowest BCUT2D eigenvalue weighted by Crippen LogP contribution is -2.37. The van der Waals surface area contributed by atoms with Gasteiger partial charge in [-0.05, 0) is 48.7 Å². The molecule has 0 bridgehead atoms. The Morgan fingerprint density at radius 1 is 1.00 bits per heavy atom. The molecule has 0 aliphatic carbocycles. The minimum Gasteiger partial charge on any atom is -0.497 e. The van der Waals surface area contributed by atoms with Crippen molar-refractivity contribution in [2.24, 2.45) is 5.92 Å². The molecule has 2 atom stereocenters. The lowest BCUT2D eigenvalue weighted by Gasteiger charge is -2.24. The smallest absolute Gasteiger partial charge is 0.253 e. The van der Waals surface area contributed by atoms with Gasteiger partial charge in [0.05, 0.1) is 13.0 Å². The van der Waals surface area contributed by atoms with E-state index in [-0.39, 0.29) is 23.7 Å². The lowest BCUT2D eigenvalue weighted by atomic mass is 9.88.